The van der Waals surface area contributed by atoms with E-state index >= 15 is 0 Å². The van der Waals surface area contributed by atoms with Gasteiger partial charge in [0.05, 0.1) is 6.04 Å². The lowest BCUT2D eigenvalue weighted by Crippen LogP contribution is -1.98. The molecule has 0 aliphatic heterocycles. The molecule has 0 rings (SSSR count). The number of unbranched alkanes of at least 4 members (excludes halogenated alkanes) is 2. The van der Waals surface area contributed by atoms with E-state index in [9.17, 15) is 0 Å². The van der Waals surface area contributed by atoms with Gasteiger partial charge >= 0.3 is 0 Å². The molecule has 80 valence electrons. The Bertz CT molecular complexity index is 183. The number of hydrogen-bond acceptors (Lipinski definition) is 2. The number of nitrogens with zero attached hydrogens (tertiary/aromatic N) is 2. The topological polar surface area (TPSA) is 24.7 Å². The fraction of sp³-hybridized carbons (Fsp3) is 0.667. The summed E-state index contributed by atoms with van der Waals surface area (Å²) in [6, 6.07) is 0.371. The van der Waals surface area contributed by atoms with E-state index in [-0.39, 0.29) is 0 Å². The Morgan fingerprint density at radius 3 is 2.64 bits per heavy atom. The fourth-order valence-corrected chi connectivity index (χ4v) is 1.21. The highest BCUT2D eigenvalue weighted by atomic mass is 15.1. The highest BCUT2D eigenvalue weighted by molar-refractivity contribution is 4.86. The van der Waals surface area contributed by atoms with Crippen molar-refractivity contribution in [3.8, 4) is 0 Å². The SMILES string of the molecule is C=CCCCC=CCC(CC)N=NC. The lowest BCUT2D eigenvalue weighted by atomic mass is 10.1. The predicted molar refractivity (Wildman–Crippen MR) is 62.7 cm³/mol. The van der Waals surface area contributed by atoms with Crippen LogP contribution in [0.1, 0.15) is 39.0 Å². The molecule has 0 aliphatic rings. The van der Waals surface area contributed by atoms with Crippen LogP contribution in [0.3, 0.4) is 0 Å². The third-order valence-corrected chi connectivity index (χ3v) is 2.10. The first-order valence-electron chi connectivity index (χ1n) is 5.40. The van der Waals surface area contributed by atoms with E-state index in [1.165, 1.54) is 6.42 Å². The summed E-state index contributed by atoms with van der Waals surface area (Å²) in [6.45, 7) is 5.84. The fourth-order valence-electron chi connectivity index (χ4n) is 1.21. The van der Waals surface area contributed by atoms with Crippen LogP contribution in [0.25, 0.3) is 0 Å². The molecule has 0 amide bonds. The molecule has 0 aliphatic carbocycles. The molecule has 0 aromatic rings. The Morgan fingerprint density at radius 1 is 1.29 bits per heavy atom. The molecule has 0 aromatic heterocycles. The summed E-state index contributed by atoms with van der Waals surface area (Å²) in [5.74, 6) is 0. The highest BCUT2D eigenvalue weighted by Gasteiger charge is 1.99. The lowest BCUT2D eigenvalue weighted by Gasteiger charge is -2.03. The number of rotatable bonds is 8. The molecule has 0 spiro atoms. The zero-order valence-corrected chi connectivity index (χ0v) is 9.45. The van der Waals surface area contributed by atoms with Gasteiger partial charge in [0, 0.05) is 7.05 Å². The molecule has 14 heavy (non-hydrogen) atoms. The summed E-state index contributed by atoms with van der Waals surface area (Å²) in [5, 5.41) is 7.95. The van der Waals surface area contributed by atoms with E-state index in [0.717, 1.165) is 25.7 Å². The van der Waals surface area contributed by atoms with Crippen molar-refractivity contribution in [3.63, 3.8) is 0 Å². The van der Waals surface area contributed by atoms with Crippen molar-refractivity contribution in [2.45, 2.75) is 45.1 Å². The van der Waals surface area contributed by atoms with Gasteiger partial charge in [-0.2, -0.15) is 10.2 Å². The van der Waals surface area contributed by atoms with E-state index in [1.807, 2.05) is 6.08 Å². The Kier molecular flexibility index (Phi) is 9.49. The van der Waals surface area contributed by atoms with Crippen molar-refractivity contribution in [1.29, 1.82) is 0 Å². The molecule has 0 aromatic carbocycles. The van der Waals surface area contributed by atoms with E-state index < -0.39 is 0 Å². The van der Waals surface area contributed by atoms with Crippen LogP contribution in [-0.2, 0) is 0 Å². The first-order chi connectivity index (χ1) is 6.85. The molecule has 0 radical (unpaired) electrons. The monoisotopic (exact) mass is 194 g/mol. The maximum absolute atomic E-state index is 4.13. The molecule has 0 bridgehead atoms. The average molecular weight is 194 g/mol. The average Bonchev–Trinajstić information content (AvgIpc) is 2.21. The quantitative estimate of drug-likeness (QED) is 0.315. The van der Waals surface area contributed by atoms with E-state index in [1.54, 1.807) is 7.05 Å². The molecule has 0 heterocycles. The molecule has 2 nitrogen and oxygen atoms in total. The first-order valence-corrected chi connectivity index (χ1v) is 5.40. The smallest absolute Gasteiger partial charge is 0.0739 e. The highest BCUT2D eigenvalue weighted by Crippen LogP contribution is 2.05. The standard InChI is InChI=1S/C12H22N2/c1-4-6-7-8-9-10-11-12(5-2)14-13-3/h4,9-10,12H,1,5-8,11H2,2-3H3. The zero-order chi connectivity index (χ0) is 10.6. The summed E-state index contributed by atoms with van der Waals surface area (Å²) in [5.41, 5.74) is 0. The summed E-state index contributed by atoms with van der Waals surface area (Å²) < 4.78 is 0. The summed E-state index contributed by atoms with van der Waals surface area (Å²) >= 11 is 0. The molecule has 0 saturated carbocycles. The molecule has 0 N–H and O–H groups in total. The van der Waals surface area contributed by atoms with Crippen molar-refractivity contribution in [2.24, 2.45) is 10.2 Å². The number of hydrogen-bond donors (Lipinski definition) is 0. The molecule has 0 saturated heterocycles. The minimum Gasteiger partial charge on any atom is -0.197 e. The van der Waals surface area contributed by atoms with Gasteiger partial charge in [0.1, 0.15) is 0 Å². The second-order valence-corrected chi connectivity index (χ2v) is 3.30. The van der Waals surface area contributed by atoms with Gasteiger partial charge in [-0.25, -0.2) is 0 Å². The Morgan fingerprint density at radius 2 is 2.07 bits per heavy atom. The van der Waals surface area contributed by atoms with Gasteiger partial charge in [-0.15, -0.1) is 6.58 Å². The lowest BCUT2D eigenvalue weighted by molar-refractivity contribution is 0.624. The maximum atomic E-state index is 4.13. The molecule has 2 heteroatoms. The second kappa shape index (κ2) is 10.2. The van der Waals surface area contributed by atoms with Crippen LogP contribution in [0, 0.1) is 0 Å². The Hall–Kier alpha value is -0.920. The van der Waals surface area contributed by atoms with Crippen LogP contribution in [0.15, 0.2) is 35.0 Å². The van der Waals surface area contributed by atoms with Crippen molar-refractivity contribution < 1.29 is 0 Å². The van der Waals surface area contributed by atoms with Gasteiger partial charge in [0.15, 0.2) is 0 Å². The van der Waals surface area contributed by atoms with Crippen LogP contribution in [-0.4, -0.2) is 13.1 Å². The number of azo groups is 1. The minimum absolute atomic E-state index is 0.371. The van der Waals surface area contributed by atoms with Gasteiger partial charge in [0.25, 0.3) is 0 Å². The summed E-state index contributed by atoms with van der Waals surface area (Å²) in [4.78, 5) is 0. The molecular weight excluding hydrogens is 172 g/mol. The third-order valence-electron chi connectivity index (χ3n) is 2.10. The van der Waals surface area contributed by atoms with Crippen LogP contribution >= 0.6 is 0 Å². The van der Waals surface area contributed by atoms with Crippen molar-refractivity contribution >= 4 is 0 Å². The van der Waals surface area contributed by atoms with Crippen molar-refractivity contribution in [3.05, 3.63) is 24.8 Å². The largest absolute Gasteiger partial charge is 0.197 e. The normalized spacial score (nSPS) is 13.9. The molecule has 1 atom stereocenters. The van der Waals surface area contributed by atoms with Crippen LogP contribution in [0.4, 0.5) is 0 Å². The summed E-state index contributed by atoms with van der Waals surface area (Å²) in [7, 11) is 1.73. The minimum atomic E-state index is 0.371. The zero-order valence-electron chi connectivity index (χ0n) is 9.45. The molecule has 0 fully saturated rings. The molecular formula is C12H22N2. The Labute approximate surface area is 87.8 Å². The molecule has 1 unspecified atom stereocenters. The summed E-state index contributed by atoms with van der Waals surface area (Å²) in [6.07, 6.45) is 11.9. The van der Waals surface area contributed by atoms with Crippen molar-refractivity contribution in [2.75, 3.05) is 7.05 Å². The van der Waals surface area contributed by atoms with E-state index in [4.69, 9.17) is 0 Å². The predicted octanol–water partition coefficient (Wildman–Crippen LogP) is 4.15. The third kappa shape index (κ3) is 7.71. The number of allylic oxidation sites excluding steroid dienone is 2. The van der Waals surface area contributed by atoms with Gasteiger partial charge < -0.3 is 0 Å². The van der Waals surface area contributed by atoms with Gasteiger partial charge in [-0.1, -0.05) is 25.2 Å². The second-order valence-electron chi connectivity index (χ2n) is 3.30. The van der Waals surface area contributed by atoms with Gasteiger partial charge in [-0.05, 0) is 32.1 Å². The first kappa shape index (κ1) is 13.1. The van der Waals surface area contributed by atoms with Crippen LogP contribution in [0.2, 0.25) is 0 Å². The van der Waals surface area contributed by atoms with Crippen LogP contribution in [0.5, 0.6) is 0 Å². The maximum Gasteiger partial charge on any atom is 0.0739 e. The van der Waals surface area contributed by atoms with Crippen LogP contribution < -0.4 is 0 Å². The van der Waals surface area contributed by atoms with E-state index in [0.29, 0.717) is 6.04 Å². The van der Waals surface area contributed by atoms with Crippen molar-refractivity contribution in [1.82, 2.24) is 0 Å². The van der Waals surface area contributed by atoms with E-state index in [2.05, 4.69) is 35.9 Å². The van der Waals surface area contributed by atoms with Gasteiger partial charge in [-0.3, -0.25) is 0 Å². The Balaban J connectivity index is 3.52. The van der Waals surface area contributed by atoms with Gasteiger partial charge in [0.2, 0.25) is 0 Å².